The van der Waals surface area contributed by atoms with Gasteiger partial charge in [0, 0.05) is 0 Å². The lowest BCUT2D eigenvalue weighted by atomic mass is 9.83. The van der Waals surface area contributed by atoms with E-state index in [4.69, 9.17) is 5.11 Å². The van der Waals surface area contributed by atoms with E-state index in [9.17, 15) is 0 Å². The summed E-state index contributed by atoms with van der Waals surface area (Å²) in [7, 11) is 0. The van der Waals surface area contributed by atoms with E-state index in [1.54, 1.807) is 0 Å². The number of aliphatic hydroxyl groups excluding tert-OH is 1. The Balaban J connectivity index is 3.87. The van der Waals surface area contributed by atoms with Crippen molar-refractivity contribution in [1.82, 2.24) is 0 Å². The first-order valence-corrected chi connectivity index (χ1v) is 4.15. The lowest BCUT2D eigenvalue weighted by Gasteiger charge is -2.23. The molecule has 0 aromatic rings. The summed E-state index contributed by atoms with van der Waals surface area (Å²) >= 11 is 0. The van der Waals surface area contributed by atoms with Crippen LogP contribution in [-0.2, 0) is 0 Å². The minimum Gasteiger partial charge on any atom is -0.392 e. The van der Waals surface area contributed by atoms with Gasteiger partial charge in [0.25, 0.3) is 0 Å². The third kappa shape index (κ3) is 5.02. The molecule has 0 fully saturated rings. The van der Waals surface area contributed by atoms with Gasteiger partial charge in [-0.2, -0.15) is 0 Å². The molecule has 0 aliphatic heterocycles. The molecule has 0 rings (SSSR count). The zero-order chi connectivity index (χ0) is 9.07. The lowest BCUT2D eigenvalue weighted by Crippen LogP contribution is -2.13. The standard InChI is InChI=1S/C10H20O/c1-8(9(2)7-11)6-10(3,4)5/h8,11H,2,6-7H2,1,3-5H3. The van der Waals surface area contributed by atoms with E-state index in [0.29, 0.717) is 11.3 Å². The van der Waals surface area contributed by atoms with E-state index in [2.05, 4.69) is 34.3 Å². The fourth-order valence-electron chi connectivity index (χ4n) is 1.22. The van der Waals surface area contributed by atoms with Crippen LogP contribution < -0.4 is 0 Å². The molecule has 0 aromatic heterocycles. The molecule has 0 aromatic carbocycles. The van der Waals surface area contributed by atoms with Crippen LogP contribution in [0, 0.1) is 11.3 Å². The summed E-state index contributed by atoms with van der Waals surface area (Å²) in [6, 6.07) is 0. The topological polar surface area (TPSA) is 20.2 Å². The zero-order valence-electron chi connectivity index (χ0n) is 8.15. The van der Waals surface area contributed by atoms with E-state index in [1.807, 2.05) is 0 Å². The highest BCUT2D eigenvalue weighted by Crippen LogP contribution is 2.27. The van der Waals surface area contributed by atoms with Gasteiger partial charge in [-0.1, -0.05) is 34.3 Å². The Hall–Kier alpha value is -0.300. The largest absolute Gasteiger partial charge is 0.392 e. The minimum atomic E-state index is 0.122. The van der Waals surface area contributed by atoms with Crippen molar-refractivity contribution in [2.45, 2.75) is 34.1 Å². The second-order valence-electron chi connectivity index (χ2n) is 4.48. The van der Waals surface area contributed by atoms with Gasteiger partial charge in [-0.25, -0.2) is 0 Å². The molecule has 0 aliphatic carbocycles. The first-order valence-electron chi connectivity index (χ1n) is 4.15. The van der Waals surface area contributed by atoms with Gasteiger partial charge in [-0.15, -0.1) is 0 Å². The second-order valence-corrected chi connectivity index (χ2v) is 4.48. The quantitative estimate of drug-likeness (QED) is 0.623. The van der Waals surface area contributed by atoms with Crippen molar-refractivity contribution in [3.63, 3.8) is 0 Å². The Morgan fingerprint density at radius 2 is 1.91 bits per heavy atom. The van der Waals surface area contributed by atoms with Crippen LogP contribution in [0.4, 0.5) is 0 Å². The summed E-state index contributed by atoms with van der Waals surface area (Å²) < 4.78 is 0. The molecule has 1 unspecified atom stereocenters. The summed E-state index contributed by atoms with van der Waals surface area (Å²) in [5.74, 6) is 0.431. The van der Waals surface area contributed by atoms with E-state index in [1.165, 1.54) is 0 Å². The number of aliphatic hydroxyl groups is 1. The van der Waals surface area contributed by atoms with E-state index < -0.39 is 0 Å². The average Bonchev–Trinajstić information content (AvgIpc) is 1.82. The van der Waals surface area contributed by atoms with Gasteiger partial charge >= 0.3 is 0 Å². The van der Waals surface area contributed by atoms with Crippen LogP contribution in [-0.4, -0.2) is 11.7 Å². The summed E-state index contributed by atoms with van der Waals surface area (Å²) in [5, 5.41) is 8.80. The van der Waals surface area contributed by atoms with Gasteiger partial charge in [-0.05, 0) is 23.3 Å². The van der Waals surface area contributed by atoms with Crippen molar-refractivity contribution in [3.05, 3.63) is 12.2 Å². The number of rotatable bonds is 3. The van der Waals surface area contributed by atoms with Crippen molar-refractivity contribution in [1.29, 1.82) is 0 Å². The fraction of sp³-hybridized carbons (Fsp3) is 0.800. The SMILES string of the molecule is C=C(CO)C(C)CC(C)(C)C. The molecule has 0 radical (unpaired) electrons. The van der Waals surface area contributed by atoms with Crippen molar-refractivity contribution >= 4 is 0 Å². The van der Waals surface area contributed by atoms with E-state index >= 15 is 0 Å². The molecule has 1 atom stereocenters. The van der Waals surface area contributed by atoms with Gasteiger partial charge in [0.2, 0.25) is 0 Å². The molecule has 0 saturated carbocycles. The molecular weight excluding hydrogens is 136 g/mol. The average molecular weight is 156 g/mol. The monoisotopic (exact) mass is 156 g/mol. The Kier molecular flexibility index (Phi) is 3.81. The molecule has 66 valence electrons. The molecule has 0 aliphatic rings. The molecule has 1 nitrogen and oxygen atoms in total. The van der Waals surface area contributed by atoms with E-state index in [-0.39, 0.29) is 6.61 Å². The molecule has 0 spiro atoms. The highest BCUT2D eigenvalue weighted by molar-refractivity contribution is 4.99. The van der Waals surface area contributed by atoms with Gasteiger partial charge in [0.05, 0.1) is 6.61 Å². The van der Waals surface area contributed by atoms with Crippen LogP contribution in [0.1, 0.15) is 34.1 Å². The van der Waals surface area contributed by atoms with Crippen LogP contribution in [0.15, 0.2) is 12.2 Å². The third-order valence-electron chi connectivity index (χ3n) is 1.82. The molecule has 0 amide bonds. The van der Waals surface area contributed by atoms with Crippen molar-refractivity contribution in [3.8, 4) is 0 Å². The lowest BCUT2D eigenvalue weighted by molar-refractivity contribution is 0.283. The summed E-state index contributed by atoms with van der Waals surface area (Å²) in [6.07, 6.45) is 1.09. The van der Waals surface area contributed by atoms with E-state index in [0.717, 1.165) is 12.0 Å². The normalized spacial score (nSPS) is 14.6. The zero-order valence-corrected chi connectivity index (χ0v) is 8.15. The second kappa shape index (κ2) is 3.91. The van der Waals surface area contributed by atoms with Crippen molar-refractivity contribution in [2.24, 2.45) is 11.3 Å². The van der Waals surface area contributed by atoms with Crippen LogP contribution in [0.3, 0.4) is 0 Å². The highest BCUT2D eigenvalue weighted by atomic mass is 16.3. The maximum absolute atomic E-state index is 8.80. The maximum Gasteiger partial charge on any atom is 0.0641 e. The third-order valence-corrected chi connectivity index (χ3v) is 1.82. The Morgan fingerprint density at radius 1 is 1.45 bits per heavy atom. The van der Waals surface area contributed by atoms with Gasteiger partial charge in [0.15, 0.2) is 0 Å². The number of hydrogen-bond donors (Lipinski definition) is 1. The van der Waals surface area contributed by atoms with Gasteiger partial charge in [-0.3, -0.25) is 0 Å². The summed E-state index contributed by atoms with van der Waals surface area (Å²) in [5.41, 5.74) is 1.28. The summed E-state index contributed by atoms with van der Waals surface area (Å²) in [6.45, 7) is 12.7. The molecule has 0 heterocycles. The molecule has 11 heavy (non-hydrogen) atoms. The van der Waals surface area contributed by atoms with Gasteiger partial charge in [0.1, 0.15) is 0 Å². The maximum atomic E-state index is 8.80. The fourth-order valence-corrected chi connectivity index (χ4v) is 1.22. The predicted octanol–water partition coefficient (Wildman–Crippen LogP) is 2.61. The number of hydrogen-bond acceptors (Lipinski definition) is 1. The van der Waals surface area contributed by atoms with Crippen LogP contribution >= 0.6 is 0 Å². The molecular formula is C10H20O. The molecule has 0 saturated heterocycles. The Labute approximate surface area is 70.1 Å². The van der Waals surface area contributed by atoms with Crippen LogP contribution in [0.5, 0.6) is 0 Å². The highest BCUT2D eigenvalue weighted by Gasteiger charge is 2.16. The molecule has 1 heteroatoms. The Morgan fingerprint density at radius 3 is 2.18 bits per heavy atom. The first-order chi connectivity index (χ1) is 4.87. The van der Waals surface area contributed by atoms with Crippen LogP contribution in [0.25, 0.3) is 0 Å². The first kappa shape index (κ1) is 10.7. The predicted molar refractivity (Wildman–Crippen MR) is 49.5 cm³/mol. The summed E-state index contributed by atoms with van der Waals surface area (Å²) in [4.78, 5) is 0. The van der Waals surface area contributed by atoms with Gasteiger partial charge < -0.3 is 5.11 Å². The Bertz CT molecular complexity index is 130. The minimum absolute atomic E-state index is 0.122. The molecule has 1 N–H and O–H groups in total. The van der Waals surface area contributed by atoms with Crippen LogP contribution in [0.2, 0.25) is 0 Å². The molecule has 0 bridgehead atoms. The van der Waals surface area contributed by atoms with Crippen molar-refractivity contribution in [2.75, 3.05) is 6.61 Å². The smallest absolute Gasteiger partial charge is 0.0641 e. The van der Waals surface area contributed by atoms with Crippen molar-refractivity contribution < 1.29 is 5.11 Å².